The van der Waals surface area contributed by atoms with E-state index in [4.69, 9.17) is 9.47 Å². The summed E-state index contributed by atoms with van der Waals surface area (Å²) >= 11 is 0. The highest BCUT2D eigenvalue weighted by Crippen LogP contribution is 2.53. The van der Waals surface area contributed by atoms with Gasteiger partial charge in [0.05, 0.1) is 12.2 Å². The molecule has 18 heavy (non-hydrogen) atoms. The fourth-order valence-electron chi connectivity index (χ4n) is 4.12. The van der Waals surface area contributed by atoms with Crippen molar-refractivity contribution >= 4 is 0 Å². The number of aliphatic hydroxyl groups is 1. The van der Waals surface area contributed by atoms with Crippen LogP contribution in [0.3, 0.4) is 0 Å². The van der Waals surface area contributed by atoms with Crippen molar-refractivity contribution in [3.63, 3.8) is 0 Å². The summed E-state index contributed by atoms with van der Waals surface area (Å²) in [5.74, 6) is 0.918. The highest BCUT2D eigenvalue weighted by Gasteiger charge is 2.51. The number of hydrogen-bond donors (Lipinski definition) is 1. The molecule has 3 heteroatoms. The largest absolute Gasteiger partial charge is 0.393 e. The molecule has 1 aliphatic heterocycles. The maximum atomic E-state index is 10.2. The van der Waals surface area contributed by atoms with E-state index < -0.39 is 0 Å². The Morgan fingerprint density at radius 3 is 2.72 bits per heavy atom. The highest BCUT2D eigenvalue weighted by atomic mass is 16.7. The minimum absolute atomic E-state index is 0.0154. The Morgan fingerprint density at radius 2 is 2.06 bits per heavy atom. The van der Waals surface area contributed by atoms with Crippen LogP contribution in [0, 0.1) is 17.3 Å². The van der Waals surface area contributed by atoms with E-state index in [9.17, 15) is 5.11 Å². The van der Waals surface area contributed by atoms with Gasteiger partial charge in [-0.15, -0.1) is 0 Å². The Labute approximate surface area is 110 Å². The first-order chi connectivity index (χ1) is 8.56. The van der Waals surface area contributed by atoms with Crippen LogP contribution in [0.5, 0.6) is 0 Å². The predicted molar refractivity (Wildman–Crippen MR) is 69.1 cm³/mol. The summed E-state index contributed by atoms with van der Waals surface area (Å²) in [7, 11) is 0. The van der Waals surface area contributed by atoms with Crippen molar-refractivity contribution in [2.75, 3.05) is 6.61 Å². The molecule has 0 spiro atoms. The summed E-state index contributed by atoms with van der Waals surface area (Å²) in [5, 5.41) is 10.2. The molecule has 1 saturated heterocycles. The second-order valence-electron chi connectivity index (χ2n) is 7.06. The van der Waals surface area contributed by atoms with E-state index in [1.807, 2.05) is 0 Å². The molecule has 3 saturated carbocycles. The zero-order chi connectivity index (χ0) is 12.8. The molecule has 1 N–H and O–H groups in total. The van der Waals surface area contributed by atoms with Gasteiger partial charge < -0.3 is 14.6 Å². The average molecular weight is 254 g/mol. The Kier molecular flexibility index (Phi) is 3.41. The molecule has 0 unspecified atom stereocenters. The zero-order valence-electron chi connectivity index (χ0n) is 11.6. The number of hydrogen-bond acceptors (Lipinski definition) is 3. The van der Waals surface area contributed by atoms with Gasteiger partial charge >= 0.3 is 0 Å². The lowest BCUT2D eigenvalue weighted by atomic mass is 9.55. The van der Waals surface area contributed by atoms with Crippen LogP contribution in [0.25, 0.3) is 0 Å². The fourth-order valence-corrected chi connectivity index (χ4v) is 4.12. The van der Waals surface area contributed by atoms with Crippen molar-refractivity contribution in [2.24, 2.45) is 17.3 Å². The lowest BCUT2D eigenvalue weighted by Crippen LogP contribution is -2.54. The average Bonchev–Trinajstić information content (AvgIpc) is 2.33. The normalized spacial score (nSPS) is 47.2. The van der Waals surface area contributed by atoms with Gasteiger partial charge in [-0.2, -0.15) is 0 Å². The Morgan fingerprint density at radius 1 is 1.22 bits per heavy atom. The third kappa shape index (κ3) is 2.33. The minimum atomic E-state index is -0.162. The van der Waals surface area contributed by atoms with Crippen molar-refractivity contribution in [3.8, 4) is 0 Å². The molecule has 3 aliphatic carbocycles. The minimum Gasteiger partial charge on any atom is -0.393 e. The van der Waals surface area contributed by atoms with Crippen LogP contribution in [0.15, 0.2) is 0 Å². The SMILES string of the molecule is CC1(C)C[C@H]2[C@H](O)C[C@H]1C[C@H]2O[C@@H]1CCCCO1. The molecule has 0 amide bonds. The summed E-state index contributed by atoms with van der Waals surface area (Å²) in [6.07, 6.45) is 6.59. The van der Waals surface area contributed by atoms with Crippen molar-refractivity contribution < 1.29 is 14.6 Å². The fraction of sp³-hybridized carbons (Fsp3) is 1.00. The lowest BCUT2D eigenvalue weighted by molar-refractivity contribution is -0.239. The first kappa shape index (κ1) is 12.9. The smallest absolute Gasteiger partial charge is 0.157 e. The molecular formula is C15H26O3. The van der Waals surface area contributed by atoms with E-state index in [1.165, 1.54) is 6.42 Å². The van der Waals surface area contributed by atoms with E-state index in [0.29, 0.717) is 17.3 Å². The van der Waals surface area contributed by atoms with Crippen LogP contribution in [0.1, 0.15) is 52.4 Å². The van der Waals surface area contributed by atoms with Crippen LogP contribution in [-0.4, -0.2) is 30.2 Å². The van der Waals surface area contributed by atoms with Gasteiger partial charge in [-0.05, 0) is 49.9 Å². The molecule has 104 valence electrons. The van der Waals surface area contributed by atoms with E-state index in [0.717, 1.165) is 38.7 Å². The quantitative estimate of drug-likeness (QED) is 0.823. The number of fused-ring (bicyclic) bond motifs is 3. The van der Waals surface area contributed by atoms with E-state index >= 15 is 0 Å². The summed E-state index contributed by atoms with van der Waals surface area (Å²) in [6.45, 7) is 5.51. The molecule has 4 rings (SSSR count). The highest BCUT2D eigenvalue weighted by molar-refractivity contribution is 5.00. The van der Waals surface area contributed by atoms with E-state index in [-0.39, 0.29) is 18.5 Å². The van der Waals surface area contributed by atoms with Crippen LogP contribution in [-0.2, 0) is 9.47 Å². The lowest BCUT2D eigenvalue weighted by Gasteiger charge is -2.54. The standard InChI is InChI=1S/C15H26O3/c1-15(2)9-11-12(16)7-10(15)8-13(11)18-14-5-3-4-6-17-14/h10-14,16H,3-9H2,1-2H3/t10-,11-,12+,13+,14+/m0/s1. The van der Waals surface area contributed by atoms with Crippen LogP contribution < -0.4 is 0 Å². The third-order valence-corrected chi connectivity index (χ3v) is 5.35. The molecule has 0 aromatic rings. The molecule has 4 fully saturated rings. The molecule has 0 aromatic carbocycles. The Balaban J connectivity index is 1.64. The second-order valence-corrected chi connectivity index (χ2v) is 7.06. The van der Waals surface area contributed by atoms with Gasteiger partial charge in [0.15, 0.2) is 6.29 Å². The molecule has 4 aliphatic rings. The van der Waals surface area contributed by atoms with Crippen molar-refractivity contribution in [1.82, 2.24) is 0 Å². The van der Waals surface area contributed by atoms with E-state index in [2.05, 4.69) is 13.8 Å². The molecule has 0 aromatic heterocycles. The van der Waals surface area contributed by atoms with Gasteiger partial charge in [0.1, 0.15) is 0 Å². The second kappa shape index (κ2) is 4.77. The predicted octanol–water partition coefficient (Wildman–Crippen LogP) is 2.72. The van der Waals surface area contributed by atoms with Crippen LogP contribution >= 0.6 is 0 Å². The third-order valence-electron chi connectivity index (χ3n) is 5.35. The summed E-state index contributed by atoms with van der Waals surface area (Å²) < 4.78 is 11.8. The summed E-state index contributed by atoms with van der Waals surface area (Å²) in [5.41, 5.74) is 0.372. The molecule has 5 atom stereocenters. The number of ether oxygens (including phenoxy) is 2. The van der Waals surface area contributed by atoms with Gasteiger partial charge in [0.25, 0.3) is 0 Å². The molecular weight excluding hydrogens is 228 g/mol. The van der Waals surface area contributed by atoms with Gasteiger partial charge in [-0.25, -0.2) is 0 Å². The van der Waals surface area contributed by atoms with Crippen LogP contribution in [0.2, 0.25) is 0 Å². The summed E-state index contributed by atoms with van der Waals surface area (Å²) in [4.78, 5) is 0. The maximum Gasteiger partial charge on any atom is 0.157 e. The monoisotopic (exact) mass is 254 g/mol. The Bertz CT molecular complexity index is 296. The maximum absolute atomic E-state index is 10.2. The zero-order valence-corrected chi connectivity index (χ0v) is 11.6. The van der Waals surface area contributed by atoms with Crippen molar-refractivity contribution in [2.45, 2.75) is 70.9 Å². The first-order valence-electron chi connectivity index (χ1n) is 7.51. The number of rotatable bonds is 2. The molecule has 0 radical (unpaired) electrons. The summed E-state index contributed by atoms with van der Waals surface area (Å²) in [6, 6.07) is 0. The molecule has 1 heterocycles. The Hall–Kier alpha value is -0.120. The van der Waals surface area contributed by atoms with Gasteiger partial charge in [0.2, 0.25) is 0 Å². The van der Waals surface area contributed by atoms with Gasteiger partial charge in [-0.3, -0.25) is 0 Å². The number of aliphatic hydroxyl groups excluding tert-OH is 1. The topological polar surface area (TPSA) is 38.7 Å². The van der Waals surface area contributed by atoms with Crippen LogP contribution in [0.4, 0.5) is 0 Å². The molecule has 2 bridgehead atoms. The van der Waals surface area contributed by atoms with Gasteiger partial charge in [-0.1, -0.05) is 13.8 Å². The van der Waals surface area contributed by atoms with Crippen molar-refractivity contribution in [1.29, 1.82) is 0 Å². The van der Waals surface area contributed by atoms with Gasteiger partial charge in [0, 0.05) is 12.5 Å². The van der Waals surface area contributed by atoms with E-state index in [1.54, 1.807) is 0 Å². The first-order valence-corrected chi connectivity index (χ1v) is 7.51. The van der Waals surface area contributed by atoms with Crippen molar-refractivity contribution in [3.05, 3.63) is 0 Å². The molecule has 3 nitrogen and oxygen atoms in total.